The topological polar surface area (TPSA) is 104 Å². The Morgan fingerprint density at radius 1 is 1.24 bits per heavy atom. The first-order valence-corrected chi connectivity index (χ1v) is 13.9. The number of carbonyl (C=O) groups excluding carboxylic acids is 2. The van der Waals surface area contributed by atoms with E-state index < -0.39 is 30.3 Å². The van der Waals surface area contributed by atoms with Gasteiger partial charge in [0.15, 0.2) is 0 Å². The molecule has 2 fully saturated rings. The van der Waals surface area contributed by atoms with Crippen LogP contribution >= 0.6 is 22.4 Å². The molecular formula is C25H33BF2IN6O2. The molecule has 3 aliphatic rings. The summed E-state index contributed by atoms with van der Waals surface area (Å²) in [6.45, 7) is 2.59. The number of hydrogen-bond acceptors (Lipinski definition) is 6. The molecule has 0 saturated carbocycles. The highest BCUT2D eigenvalue weighted by Crippen LogP contribution is 2.36. The summed E-state index contributed by atoms with van der Waals surface area (Å²) in [5, 5.41) is 7.77. The molecule has 8 nitrogen and oxygen atoms in total. The molecule has 1 aromatic heterocycles. The first-order valence-electron chi connectivity index (χ1n) is 12.6. The summed E-state index contributed by atoms with van der Waals surface area (Å²) < 4.78 is 30.1. The summed E-state index contributed by atoms with van der Waals surface area (Å²) in [5.41, 5.74) is 9.30. The highest BCUT2D eigenvalue weighted by atomic mass is 127. The van der Waals surface area contributed by atoms with Crippen molar-refractivity contribution in [2.75, 3.05) is 45.1 Å². The first-order chi connectivity index (χ1) is 17.7. The van der Waals surface area contributed by atoms with Crippen LogP contribution in [0.25, 0.3) is 0 Å². The zero-order valence-corrected chi connectivity index (χ0v) is 23.3. The van der Waals surface area contributed by atoms with Crippen molar-refractivity contribution >= 4 is 45.0 Å². The number of allylic oxidation sites excluding steroid dienone is 2. The number of aromatic nitrogens is 1. The van der Waals surface area contributed by atoms with E-state index in [1.54, 1.807) is 19.3 Å². The van der Waals surface area contributed by atoms with Gasteiger partial charge in [0, 0.05) is 51.3 Å². The van der Waals surface area contributed by atoms with Crippen molar-refractivity contribution in [3.05, 3.63) is 46.8 Å². The highest BCUT2D eigenvalue weighted by Gasteiger charge is 2.50. The van der Waals surface area contributed by atoms with Crippen LogP contribution in [0.15, 0.2) is 41.3 Å². The first kappa shape index (κ1) is 27.8. The number of nitrogens with one attached hydrogen (secondary N) is 2. The van der Waals surface area contributed by atoms with Gasteiger partial charge in [0.1, 0.15) is 0 Å². The molecular weight excluding hydrogens is 592 g/mol. The number of likely N-dealkylation sites (tertiary alicyclic amines) is 2. The molecule has 12 heteroatoms. The van der Waals surface area contributed by atoms with E-state index in [1.807, 2.05) is 23.0 Å². The van der Waals surface area contributed by atoms with Crippen molar-refractivity contribution in [2.24, 2.45) is 17.6 Å². The fourth-order valence-corrected chi connectivity index (χ4v) is 6.10. The summed E-state index contributed by atoms with van der Waals surface area (Å²) in [6, 6.07) is 0.327. The fraction of sp³-hybridized carbons (Fsp3) is 0.560. The molecule has 0 bridgehead atoms. The summed E-state index contributed by atoms with van der Waals surface area (Å²) in [6.07, 6.45) is 7.79. The normalized spacial score (nSPS) is 25.6. The zero-order valence-electron chi connectivity index (χ0n) is 21.1. The number of carbonyl (C=O) groups is 2. The van der Waals surface area contributed by atoms with Gasteiger partial charge in [-0.15, -0.1) is 0 Å². The van der Waals surface area contributed by atoms with E-state index in [9.17, 15) is 9.59 Å². The summed E-state index contributed by atoms with van der Waals surface area (Å²) in [5.74, 6) is -4.27. The molecule has 2 aliphatic heterocycles. The molecule has 37 heavy (non-hydrogen) atoms. The second kappa shape index (κ2) is 11.7. The second-order valence-electron chi connectivity index (χ2n) is 9.98. The van der Waals surface area contributed by atoms with Gasteiger partial charge in [-0.25, -0.2) is 8.78 Å². The van der Waals surface area contributed by atoms with Crippen LogP contribution in [0, 0.1) is 11.8 Å². The molecule has 0 aromatic carbocycles. The Hall–Kier alpha value is -2.22. The van der Waals surface area contributed by atoms with Gasteiger partial charge in [0.05, 0.1) is 29.8 Å². The maximum Gasteiger partial charge on any atom is 0.282 e. The Kier molecular flexibility index (Phi) is 8.77. The van der Waals surface area contributed by atoms with Crippen LogP contribution in [0.4, 0.5) is 14.5 Å². The molecule has 4 N–H and O–H groups in total. The van der Waals surface area contributed by atoms with Gasteiger partial charge in [-0.1, -0.05) is 12.4 Å². The molecule has 2 saturated heterocycles. The Bertz CT molecular complexity index is 1090. The summed E-state index contributed by atoms with van der Waals surface area (Å²) >= 11 is 2.14. The van der Waals surface area contributed by atoms with Crippen molar-refractivity contribution in [1.82, 2.24) is 20.1 Å². The van der Waals surface area contributed by atoms with Crippen LogP contribution in [0.3, 0.4) is 0 Å². The Morgan fingerprint density at radius 2 is 1.97 bits per heavy atom. The van der Waals surface area contributed by atoms with E-state index in [0.29, 0.717) is 30.0 Å². The lowest BCUT2D eigenvalue weighted by Gasteiger charge is -2.37. The van der Waals surface area contributed by atoms with Gasteiger partial charge in [-0.3, -0.25) is 14.6 Å². The number of anilines is 1. The minimum atomic E-state index is -3.14. The maximum atomic E-state index is 15.0. The van der Waals surface area contributed by atoms with Crippen molar-refractivity contribution in [2.45, 2.75) is 38.2 Å². The smallest absolute Gasteiger partial charge is 0.282 e. The minimum absolute atomic E-state index is 0.00250. The van der Waals surface area contributed by atoms with Crippen molar-refractivity contribution in [3.8, 4) is 0 Å². The van der Waals surface area contributed by atoms with E-state index in [4.69, 9.17) is 5.73 Å². The lowest BCUT2D eigenvalue weighted by molar-refractivity contribution is -0.136. The van der Waals surface area contributed by atoms with E-state index >= 15 is 8.78 Å². The molecule has 1 aliphatic carbocycles. The molecule has 0 spiro atoms. The lowest BCUT2D eigenvalue weighted by Crippen LogP contribution is -2.49. The number of amides is 2. The van der Waals surface area contributed by atoms with Gasteiger partial charge >= 0.3 is 0 Å². The number of pyridine rings is 1. The number of nitrogens with zero attached hydrogens (tertiary/aromatic N) is 3. The van der Waals surface area contributed by atoms with Crippen LogP contribution in [-0.2, 0) is 4.79 Å². The number of nitrogens with two attached hydrogens (primary N) is 1. The Labute approximate surface area is 230 Å². The molecule has 1 radical (unpaired) electrons. The Balaban J connectivity index is 1.50. The van der Waals surface area contributed by atoms with E-state index in [0.717, 1.165) is 29.6 Å². The van der Waals surface area contributed by atoms with Gasteiger partial charge in [0.2, 0.25) is 11.0 Å². The number of alkyl halides is 2. The molecule has 3 atom stereocenters. The molecule has 199 valence electrons. The largest absolute Gasteiger partial charge is 0.399 e. The van der Waals surface area contributed by atoms with Crippen molar-refractivity contribution in [1.29, 1.82) is 0 Å². The highest BCUT2D eigenvalue weighted by molar-refractivity contribution is 14.1. The third kappa shape index (κ3) is 5.94. The average Bonchev–Trinajstić information content (AvgIpc) is 3.22. The maximum absolute atomic E-state index is 15.0. The number of piperidine rings is 1. The number of halogens is 3. The molecule has 2 amide bonds. The SMILES string of the molecule is CNc1cncc(C(=O)N2CC(NCC3=C(N)C=C([B]I)C(C)C3C(=O)N3CCCCC3)C(F)(F)C2)c1. The third-order valence-corrected chi connectivity index (χ3v) is 8.29. The van der Waals surface area contributed by atoms with E-state index in [-0.39, 0.29) is 30.5 Å². The lowest BCUT2D eigenvalue weighted by atomic mass is 9.69. The Morgan fingerprint density at radius 3 is 2.65 bits per heavy atom. The predicted octanol–water partition coefficient (Wildman–Crippen LogP) is 2.60. The van der Waals surface area contributed by atoms with Crippen LogP contribution in [0.1, 0.15) is 36.5 Å². The molecule has 3 unspecified atom stereocenters. The van der Waals surface area contributed by atoms with Gasteiger partial charge in [-0.2, -0.15) is 22.4 Å². The standard InChI is InChI=1S/C25H33BF2IN6O2/c1-15-19(26-29)9-20(30)18(22(15)24(37)34-6-4-3-5-7-34)12-33-21-13-35(14-25(21,27)28)23(36)16-8-17(31-2)11-32-10-16/h8-11,15,21-22,31,33H,3-7,12-14,30H2,1-2H3. The zero-order chi connectivity index (χ0) is 26.7. The van der Waals surface area contributed by atoms with Crippen LogP contribution < -0.4 is 16.4 Å². The molecule has 4 rings (SSSR count). The second-order valence-corrected chi connectivity index (χ2v) is 10.6. The number of rotatable bonds is 7. The monoisotopic (exact) mass is 625 g/mol. The summed E-state index contributed by atoms with van der Waals surface area (Å²) in [4.78, 5) is 33.6. The van der Waals surface area contributed by atoms with Gasteiger partial charge < -0.3 is 26.2 Å². The number of hydrogen-bond donors (Lipinski definition) is 3. The fourth-order valence-electron chi connectivity index (χ4n) is 5.36. The van der Waals surface area contributed by atoms with Crippen LogP contribution in [-0.4, -0.2) is 83.5 Å². The van der Waals surface area contributed by atoms with Crippen LogP contribution in [0.2, 0.25) is 0 Å². The molecule has 3 heterocycles. The summed E-state index contributed by atoms with van der Waals surface area (Å²) in [7, 11) is 1.70. The average molecular weight is 625 g/mol. The van der Waals surface area contributed by atoms with Crippen molar-refractivity contribution < 1.29 is 18.4 Å². The minimum Gasteiger partial charge on any atom is -0.399 e. The van der Waals surface area contributed by atoms with Crippen molar-refractivity contribution in [3.63, 3.8) is 0 Å². The van der Waals surface area contributed by atoms with Crippen LogP contribution in [0.5, 0.6) is 0 Å². The van der Waals surface area contributed by atoms with E-state index in [2.05, 4.69) is 38.0 Å². The molecule has 1 aromatic rings. The predicted molar refractivity (Wildman–Crippen MR) is 149 cm³/mol. The quantitative estimate of drug-likeness (QED) is 0.318. The third-order valence-electron chi connectivity index (χ3n) is 7.57. The van der Waals surface area contributed by atoms with Gasteiger partial charge in [-0.05, 0) is 42.9 Å². The van der Waals surface area contributed by atoms with Gasteiger partial charge in [0.25, 0.3) is 11.8 Å². The van der Waals surface area contributed by atoms with E-state index in [1.165, 1.54) is 6.20 Å².